The summed E-state index contributed by atoms with van der Waals surface area (Å²) in [6.45, 7) is 11.0. The molecule has 0 amide bonds. The van der Waals surface area contributed by atoms with Crippen molar-refractivity contribution >= 4 is 5.69 Å². The number of nitrogens with zero attached hydrogens (tertiary/aromatic N) is 1. The third-order valence-corrected chi connectivity index (χ3v) is 3.84. The molecule has 0 spiro atoms. The van der Waals surface area contributed by atoms with Gasteiger partial charge in [-0.15, -0.1) is 0 Å². The Balaban J connectivity index is 2.07. The van der Waals surface area contributed by atoms with Crippen molar-refractivity contribution in [2.45, 2.75) is 52.3 Å². The zero-order chi connectivity index (χ0) is 14.0. The van der Waals surface area contributed by atoms with Crippen molar-refractivity contribution in [2.75, 3.05) is 18.0 Å². The molecule has 0 saturated carbocycles. The van der Waals surface area contributed by atoms with Crippen molar-refractivity contribution in [2.24, 2.45) is 0 Å². The molecule has 1 aliphatic rings. The molecule has 2 rings (SSSR count). The van der Waals surface area contributed by atoms with E-state index in [4.69, 9.17) is 0 Å². The van der Waals surface area contributed by atoms with Crippen molar-refractivity contribution < 1.29 is 5.11 Å². The van der Waals surface area contributed by atoms with Gasteiger partial charge in [-0.1, -0.05) is 19.9 Å². The summed E-state index contributed by atoms with van der Waals surface area (Å²) in [6, 6.07) is 7.12. The summed E-state index contributed by atoms with van der Waals surface area (Å²) in [4.78, 5) is 2.27. The van der Waals surface area contributed by atoms with Gasteiger partial charge in [-0.25, -0.2) is 0 Å². The molecule has 1 heterocycles. The second-order valence-electron chi connectivity index (χ2n) is 6.31. The van der Waals surface area contributed by atoms with E-state index in [2.05, 4.69) is 49.2 Å². The Morgan fingerprint density at radius 2 is 2.16 bits per heavy atom. The Morgan fingerprint density at radius 1 is 1.42 bits per heavy atom. The van der Waals surface area contributed by atoms with E-state index >= 15 is 0 Å². The van der Waals surface area contributed by atoms with Crippen LogP contribution in [0.25, 0.3) is 0 Å². The lowest BCUT2D eigenvalue weighted by molar-refractivity contribution is 0.0839. The van der Waals surface area contributed by atoms with Crippen LogP contribution in [-0.4, -0.2) is 29.8 Å². The maximum Gasteiger partial charge on any atom is 0.0810 e. The van der Waals surface area contributed by atoms with Crippen LogP contribution in [-0.2, 0) is 6.54 Å². The molecule has 0 aromatic heterocycles. The first kappa shape index (κ1) is 14.4. The molecule has 0 radical (unpaired) electrons. The van der Waals surface area contributed by atoms with E-state index in [0.717, 1.165) is 26.1 Å². The topological polar surface area (TPSA) is 35.5 Å². The molecule has 1 aromatic rings. The van der Waals surface area contributed by atoms with Gasteiger partial charge in [-0.05, 0) is 43.5 Å². The molecule has 1 unspecified atom stereocenters. The maximum absolute atomic E-state index is 10.0. The van der Waals surface area contributed by atoms with E-state index < -0.39 is 5.60 Å². The summed E-state index contributed by atoms with van der Waals surface area (Å²) < 4.78 is 0. The standard InChI is InChI=1S/C16H26N2O/c1-12(2)17-10-14-5-6-15(9-13(14)3)18-8-7-16(4,19)11-18/h5-6,9,12,17,19H,7-8,10-11H2,1-4H3. The number of hydrogen-bond acceptors (Lipinski definition) is 3. The monoisotopic (exact) mass is 262 g/mol. The zero-order valence-electron chi connectivity index (χ0n) is 12.5. The van der Waals surface area contributed by atoms with Crippen molar-refractivity contribution in [1.29, 1.82) is 0 Å². The molecule has 106 valence electrons. The number of anilines is 1. The zero-order valence-corrected chi connectivity index (χ0v) is 12.5. The van der Waals surface area contributed by atoms with Gasteiger partial charge in [-0.3, -0.25) is 0 Å². The number of rotatable bonds is 4. The number of aliphatic hydroxyl groups is 1. The smallest absolute Gasteiger partial charge is 0.0810 e. The number of aryl methyl sites for hydroxylation is 1. The van der Waals surface area contributed by atoms with Crippen molar-refractivity contribution in [3.05, 3.63) is 29.3 Å². The minimum absolute atomic E-state index is 0.507. The van der Waals surface area contributed by atoms with Gasteiger partial charge < -0.3 is 15.3 Å². The van der Waals surface area contributed by atoms with Crippen LogP contribution in [0.5, 0.6) is 0 Å². The van der Waals surface area contributed by atoms with Crippen LogP contribution in [0.4, 0.5) is 5.69 Å². The highest BCUT2D eigenvalue weighted by atomic mass is 16.3. The average molecular weight is 262 g/mol. The SMILES string of the molecule is Cc1cc(N2CCC(C)(O)C2)ccc1CNC(C)C. The van der Waals surface area contributed by atoms with E-state index in [1.54, 1.807) is 0 Å². The second-order valence-corrected chi connectivity index (χ2v) is 6.31. The number of β-amino-alcohol motifs (C(OH)–C–C–N with tert-alkyl or cyclic N) is 1. The highest BCUT2D eigenvalue weighted by molar-refractivity contribution is 5.52. The minimum Gasteiger partial charge on any atom is -0.388 e. The van der Waals surface area contributed by atoms with Crippen LogP contribution in [0.2, 0.25) is 0 Å². The highest BCUT2D eigenvalue weighted by Gasteiger charge is 2.31. The van der Waals surface area contributed by atoms with Crippen LogP contribution in [0.1, 0.15) is 38.3 Å². The van der Waals surface area contributed by atoms with E-state index in [1.807, 2.05) is 6.92 Å². The molecule has 1 saturated heterocycles. The summed E-state index contributed by atoms with van der Waals surface area (Å²) in [6.07, 6.45) is 0.850. The van der Waals surface area contributed by atoms with E-state index in [-0.39, 0.29) is 0 Å². The van der Waals surface area contributed by atoms with Crippen LogP contribution < -0.4 is 10.2 Å². The molecule has 19 heavy (non-hydrogen) atoms. The van der Waals surface area contributed by atoms with Crippen LogP contribution >= 0.6 is 0 Å². The molecule has 2 N–H and O–H groups in total. The largest absolute Gasteiger partial charge is 0.388 e. The lowest BCUT2D eigenvalue weighted by atomic mass is 10.1. The Hall–Kier alpha value is -1.06. The molecular weight excluding hydrogens is 236 g/mol. The third-order valence-electron chi connectivity index (χ3n) is 3.84. The van der Waals surface area contributed by atoms with Crippen LogP contribution in [0, 0.1) is 6.92 Å². The second kappa shape index (κ2) is 5.51. The molecule has 1 fully saturated rings. The minimum atomic E-state index is -0.536. The molecular formula is C16H26N2O. The molecule has 3 heteroatoms. The molecule has 1 atom stereocenters. The summed E-state index contributed by atoms with van der Waals surface area (Å²) in [7, 11) is 0. The van der Waals surface area contributed by atoms with Gasteiger partial charge >= 0.3 is 0 Å². The van der Waals surface area contributed by atoms with Crippen molar-refractivity contribution in [3.8, 4) is 0 Å². The first-order valence-corrected chi connectivity index (χ1v) is 7.18. The van der Waals surface area contributed by atoms with Gasteiger partial charge in [0.15, 0.2) is 0 Å². The Kier molecular flexibility index (Phi) is 4.16. The van der Waals surface area contributed by atoms with Gasteiger partial charge in [0.05, 0.1) is 5.60 Å². The predicted octanol–water partition coefficient (Wildman–Crippen LogP) is 2.45. The predicted molar refractivity (Wildman–Crippen MR) is 80.6 cm³/mol. The lowest BCUT2D eigenvalue weighted by Crippen LogP contribution is -2.29. The van der Waals surface area contributed by atoms with E-state index in [9.17, 15) is 5.11 Å². The Bertz CT molecular complexity index is 440. The number of hydrogen-bond donors (Lipinski definition) is 2. The number of nitrogens with one attached hydrogen (secondary N) is 1. The number of benzene rings is 1. The van der Waals surface area contributed by atoms with Gasteiger partial charge in [0.25, 0.3) is 0 Å². The van der Waals surface area contributed by atoms with Crippen molar-refractivity contribution in [3.63, 3.8) is 0 Å². The summed E-state index contributed by atoms with van der Waals surface area (Å²) in [5.74, 6) is 0. The van der Waals surface area contributed by atoms with Gasteiger partial charge in [0.1, 0.15) is 0 Å². The maximum atomic E-state index is 10.0. The Labute approximate surface area is 116 Å². The molecule has 1 aliphatic heterocycles. The molecule has 0 aliphatic carbocycles. The van der Waals surface area contributed by atoms with Gasteiger partial charge in [0, 0.05) is 31.4 Å². The quantitative estimate of drug-likeness (QED) is 0.875. The lowest BCUT2D eigenvalue weighted by Gasteiger charge is -2.22. The average Bonchev–Trinajstić information content (AvgIpc) is 2.68. The molecule has 1 aromatic carbocycles. The van der Waals surface area contributed by atoms with E-state index in [1.165, 1.54) is 16.8 Å². The van der Waals surface area contributed by atoms with Gasteiger partial charge in [-0.2, -0.15) is 0 Å². The Morgan fingerprint density at radius 3 is 2.68 bits per heavy atom. The highest BCUT2D eigenvalue weighted by Crippen LogP contribution is 2.27. The summed E-state index contributed by atoms with van der Waals surface area (Å²) in [5.41, 5.74) is 3.36. The van der Waals surface area contributed by atoms with Gasteiger partial charge in [0.2, 0.25) is 0 Å². The molecule has 0 bridgehead atoms. The first-order chi connectivity index (χ1) is 8.87. The fourth-order valence-corrected chi connectivity index (χ4v) is 2.55. The van der Waals surface area contributed by atoms with Crippen molar-refractivity contribution in [1.82, 2.24) is 5.32 Å². The fourth-order valence-electron chi connectivity index (χ4n) is 2.55. The first-order valence-electron chi connectivity index (χ1n) is 7.18. The molecule has 3 nitrogen and oxygen atoms in total. The van der Waals surface area contributed by atoms with E-state index in [0.29, 0.717) is 6.04 Å². The van der Waals surface area contributed by atoms with Crippen LogP contribution in [0.15, 0.2) is 18.2 Å². The third kappa shape index (κ3) is 3.71. The normalized spacial score (nSPS) is 23.4. The van der Waals surface area contributed by atoms with Crippen LogP contribution in [0.3, 0.4) is 0 Å². The summed E-state index contributed by atoms with van der Waals surface area (Å²) in [5, 5.41) is 13.5. The summed E-state index contributed by atoms with van der Waals surface area (Å²) >= 11 is 0. The fraction of sp³-hybridized carbons (Fsp3) is 0.625.